The number of hydrogen-bond donors (Lipinski definition) is 1. The highest BCUT2D eigenvalue weighted by Crippen LogP contribution is 2.25. The Morgan fingerprint density at radius 2 is 2.46 bits per heavy atom. The Kier molecular flexibility index (Phi) is 2.20. The van der Waals surface area contributed by atoms with Gasteiger partial charge in [-0.05, 0) is 12.1 Å². The van der Waals surface area contributed by atoms with Crippen LogP contribution in [0.1, 0.15) is 5.56 Å². The van der Waals surface area contributed by atoms with Crippen molar-refractivity contribution in [2.24, 2.45) is 0 Å². The number of thioether (sulfide) groups is 1. The Morgan fingerprint density at radius 3 is 3.00 bits per heavy atom. The van der Waals surface area contributed by atoms with Crippen molar-refractivity contribution < 1.29 is 9.21 Å². The minimum absolute atomic E-state index is 0.142. The Hall–Kier alpha value is -1.07. The molecular formula is C8H5NO2S2. The van der Waals surface area contributed by atoms with E-state index in [9.17, 15) is 4.79 Å². The van der Waals surface area contributed by atoms with Crippen LogP contribution >= 0.6 is 24.0 Å². The zero-order chi connectivity index (χ0) is 9.26. The highest BCUT2D eigenvalue weighted by atomic mass is 32.2. The highest BCUT2D eigenvalue weighted by Gasteiger charge is 2.21. The first-order valence-corrected chi connectivity index (χ1v) is 4.75. The van der Waals surface area contributed by atoms with E-state index in [1.807, 2.05) is 0 Å². The molecule has 2 rings (SSSR count). The third-order valence-corrected chi connectivity index (χ3v) is 2.65. The first kappa shape index (κ1) is 8.52. The minimum Gasteiger partial charge on any atom is -0.472 e. The number of furan rings is 1. The van der Waals surface area contributed by atoms with Crippen LogP contribution in [0.4, 0.5) is 0 Å². The lowest BCUT2D eigenvalue weighted by Gasteiger charge is -1.87. The van der Waals surface area contributed by atoms with Gasteiger partial charge in [0, 0.05) is 5.56 Å². The molecule has 2 heterocycles. The van der Waals surface area contributed by atoms with Crippen molar-refractivity contribution in [2.75, 3.05) is 0 Å². The maximum Gasteiger partial charge on any atom is 0.263 e. The average Bonchev–Trinajstić information content (AvgIpc) is 2.63. The van der Waals surface area contributed by atoms with Gasteiger partial charge in [0.1, 0.15) is 4.32 Å². The minimum atomic E-state index is -0.142. The maximum absolute atomic E-state index is 11.2. The van der Waals surface area contributed by atoms with Crippen molar-refractivity contribution in [1.82, 2.24) is 5.32 Å². The fourth-order valence-corrected chi connectivity index (χ4v) is 1.97. The third kappa shape index (κ3) is 1.81. The monoisotopic (exact) mass is 211 g/mol. The van der Waals surface area contributed by atoms with Crippen LogP contribution in [0.5, 0.6) is 0 Å². The molecule has 5 heteroatoms. The summed E-state index contributed by atoms with van der Waals surface area (Å²) >= 11 is 6.10. The van der Waals surface area contributed by atoms with Gasteiger partial charge in [0.05, 0.1) is 17.4 Å². The lowest BCUT2D eigenvalue weighted by molar-refractivity contribution is -0.115. The van der Waals surface area contributed by atoms with Crippen molar-refractivity contribution in [1.29, 1.82) is 0 Å². The SMILES string of the molecule is O=C1NC(=S)SC1=Cc1ccoc1. The normalized spacial score (nSPS) is 19.5. The molecule has 66 valence electrons. The molecule has 0 unspecified atom stereocenters. The number of amides is 1. The number of carbonyl (C=O) groups excluding carboxylic acids is 1. The molecule has 0 spiro atoms. The maximum atomic E-state index is 11.2. The van der Waals surface area contributed by atoms with Crippen molar-refractivity contribution in [3.05, 3.63) is 29.1 Å². The molecule has 13 heavy (non-hydrogen) atoms. The predicted octanol–water partition coefficient (Wildman–Crippen LogP) is 1.77. The lowest BCUT2D eigenvalue weighted by atomic mass is 10.3. The zero-order valence-corrected chi connectivity index (χ0v) is 8.08. The Balaban J connectivity index is 2.27. The molecule has 1 saturated heterocycles. The fourth-order valence-electron chi connectivity index (χ4n) is 0.930. The molecule has 0 atom stereocenters. The van der Waals surface area contributed by atoms with Gasteiger partial charge in [0.15, 0.2) is 0 Å². The summed E-state index contributed by atoms with van der Waals surface area (Å²) in [5.74, 6) is -0.142. The summed E-state index contributed by atoms with van der Waals surface area (Å²) in [7, 11) is 0. The van der Waals surface area contributed by atoms with E-state index >= 15 is 0 Å². The van der Waals surface area contributed by atoms with Crippen molar-refractivity contribution in [2.45, 2.75) is 0 Å². The number of thiocarbonyl (C=S) groups is 1. The van der Waals surface area contributed by atoms with Crippen LogP contribution in [0.2, 0.25) is 0 Å². The molecule has 3 nitrogen and oxygen atoms in total. The van der Waals surface area contributed by atoms with E-state index in [0.717, 1.165) is 5.56 Å². The van der Waals surface area contributed by atoms with E-state index in [2.05, 4.69) is 5.32 Å². The lowest BCUT2D eigenvalue weighted by Crippen LogP contribution is -2.17. The van der Waals surface area contributed by atoms with Gasteiger partial charge in [-0.1, -0.05) is 24.0 Å². The molecular weight excluding hydrogens is 206 g/mol. The van der Waals surface area contributed by atoms with Gasteiger partial charge in [0.25, 0.3) is 5.91 Å². The molecule has 0 aliphatic carbocycles. The van der Waals surface area contributed by atoms with Crippen LogP contribution in [0.15, 0.2) is 27.9 Å². The van der Waals surface area contributed by atoms with Gasteiger partial charge in [0.2, 0.25) is 0 Å². The van der Waals surface area contributed by atoms with Crippen LogP contribution in [0.3, 0.4) is 0 Å². The molecule has 1 aromatic heterocycles. The number of hydrogen-bond acceptors (Lipinski definition) is 4. The van der Waals surface area contributed by atoms with Gasteiger partial charge in [-0.3, -0.25) is 4.79 Å². The standard InChI is InChI=1S/C8H5NO2S2/c10-7-6(13-8(12)9-7)3-5-1-2-11-4-5/h1-4H,(H,9,10,12). The summed E-state index contributed by atoms with van der Waals surface area (Å²) in [6.45, 7) is 0. The van der Waals surface area contributed by atoms with Gasteiger partial charge in [-0.2, -0.15) is 0 Å². The van der Waals surface area contributed by atoms with E-state index < -0.39 is 0 Å². The molecule has 1 fully saturated rings. The summed E-state index contributed by atoms with van der Waals surface area (Å²) < 4.78 is 5.37. The van der Waals surface area contributed by atoms with E-state index in [4.69, 9.17) is 16.6 Å². The van der Waals surface area contributed by atoms with E-state index in [1.54, 1.807) is 24.7 Å². The summed E-state index contributed by atoms with van der Waals surface area (Å²) in [5, 5.41) is 2.54. The predicted molar refractivity (Wildman–Crippen MR) is 55.0 cm³/mol. The van der Waals surface area contributed by atoms with E-state index in [-0.39, 0.29) is 5.91 Å². The quantitative estimate of drug-likeness (QED) is 0.568. The Morgan fingerprint density at radius 1 is 1.62 bits per heavy atom. The number of carbonyl (C=O) groups is 1. The fraction of sp³-hybridized carbons (Fsp3) is 0. The van der Waals surface area contributed by atoms with Crippen molar-refractivity contribution in [3.63, 3.8) is 0 Å². The van der Waals surface area contributed by atoms with Crippen LogP contribution in [0.25, 0.3) is 6.08 Å². The van der Waals surface area contributed by atoms with Crippen molar-refractivity contribution in [3.8, 4) is 0 Å². The molecule has 0 radical (unpaired) electrons. The Bertz CT molecular complexity index is 381. The van der Waals surface area contributed by atoms with Gasteiger partial charge in [-0.15, -0.1) is 0 Å². The number of rotatable bonds is 1. The smallest absolute Gasteiger partial charge is 0.263 e. The van der Waals surface area contributed by atoms with Crippen LogP contribution in [-0.4, -0.2) is 10.2 Å². The van der Waals surface area contributed by atoms with E-state index in [0.29, 0.717) is 9.23 Å². The summed E-state index contributed by atoms with van der Waals surface area (Å²) in [4.78, 5) is 11.8. The molecule has 0 bridgehead atoms. The second kappa shape index (κ2) is 3.35. The molecule has 1 aromatic rings. The molecule has 0 saturated carbocycles. The van der Waals surface area contributed by atoms with E-state index in [1.165, 1.54) is 11.8 Å². The summed E-state index contributed by atoms with van der Waals surface area (Å²) in [6, 6.07) is 1.78. The average molecular weight is 211 g/mol. The second-order valence-corrected chi connectivity index (χ2v) is 4.13. The third-order valence-electron chi connectivity index (χ3n) is 1.48. The molecule has 1 aliphatic heterocycles. The second-order valence-electron chi connectivity index (χ2n) is 2.41. The first-order chi connectivity index (χ1) is 6.25. The van der Waals surface area contributed by atoms with Crippen LogP contribution in [0, 0.1) is 0 Å². The van der Waals surface area contributed by atoms with Gasteiger partial charge in [-0.25, -0.2) is 0 Å². The first-order valence-electron chi connectivity index (χ1n) is 3.53. The molecule has 0 aromatic carbocycles. The molecule has 1 N–H and O–H groups in total. The Labute approximate surface area is 84.2 Å². The van der Waals surface area contributed by atoms with Crippen molar-refractivity contribution >= 4 is 40.3 Å². The summed E-state index contributed by atoms with van der Waals surface area (Å²) in [6.07, 6.45) is 4.87. The zero-order valence-electron chi connectivity index (χ0n) is 6.44. The molecule has 1 aliphatic rings. The van der Waals surface area contributed by atoms with Gasteiger partial charge < -0.3 is 9.73 Å². The van der Waals surface area contributed by atoms with Gasteiger partial charge >= 0.3 is 0 Å². The number of nitrogens with one attached hydrogen (secondary N) is 1. The van der Waals surface area contributed by atoms with Crippen LogP contribution < -0.4 is 5.32 Å². The molecule has 1 amide bonds. The van der Waals surface area contributed by atoms with Crippen LogP contribution in [-0.2, 0) is 4.79 Å². The highest BCUT2D eigenvalue weighted by molar-refractivity contribution is 8.26. The topological polar surface area (TPSA) is 42.2 Å². The largest absolute Gasteiger partial charge is 0.472 e. The summed E-state index contributed by atoms with van der Waals surface area (Å²) in [5.41, 5.74) is 0.863.